The molecule has 0 aromatic carbocycles. The van der Waals surface area contributed by atoms with E-state index < -0.39 is 15.7 Å². The van der Waals surface area contributed by atoms with Gasteiger partial charge in [0.25, 0.3) is 0 Å². The maximum atomic E-state index is 11.3. The smallest absolute Gasteiger partial charge is 0.244 e. The van der Waals surface area contributed by atoms with Gasteiger partial charge in [0.15, 0.2) is 5.65 Å². The average Bonchev–Trinajstić information content (AvgIpc) is 2.15. The summed E-state index contributed by atoms with van der Waals surface area (Å²) in [5, 5.41) is 0.391. The molecule has 78 valence electrons. The molecular formula is C7H6N4O3S. The molecule has 0 N–H and O–H groups in total. The van der Waals surface area contributed by atoms with Gasteiger partial charge in [0.05, 0.1) is 11.6 Å². The number of nitrogens with zero attached hydrogens (tertiary/aromatic N) is 4. The van der Waals surface area contributed by atoms with Gasteiger partial charge in [0, 0.05) is 12.4 Å². The van der Waals surface area contributed by atoms with Crippen LogP contribution in [0.15, 0.2) is 23.5 Å². The number of fused-ring (bicyclic) bond motifs is 1. The first-order valence-corrected chi connectivity index (χ1v) is 5.73. The molecule has 0 unspecified atom stereocenters. The van der Waals surface area contributed by atoms with Crippen LogP contribution in [0.5, 0.6) is 0 Å². The van der Waals surface area contributed by atoms with Crippen molar-refractivity contribution in [2.75, 3.05) is 6.26 Å². The van der Waals surface area contributed by atoms with E-state index in [0.717, 1.165) is 6.26 Å². The molecule has 0 radical (unpaired) electrons. The fraction of sp³-hybridized carbons (Fsp3) is 0.143. The van der Waals surface area contributed by atoms with E-state index in [-0.39, 0.29) is 5.65 Å². The van der Waals surface area contributed by atoms with Gasteiger partial charge in [-0.3, -0.25) is 0 Å². The Balaban J connectivity index is 3.06. The maximum absolute atomic E-state index is 11.3. The van der Waals surface area contributed by atoms with Crippen LogP contribution in [0.1, 0.15) is 0 Å². The number of rotatable bonds is 1. The van der Waals surface area contributed by atoms with Gasteiger partial charge in [-0.05, 0) is 0 Å². The largest absolute Gasteiger partial charge is 0.363 e. The molecule has 0 bridgehead atoms. The van der Waals surface area contributed by atoms with Crippen LogP contribution in [0.2, 0.25) is 0 Å². The van der Waals surface area contributed by atoms with E-state index in [1.165, 1.54) is 18.7 Å². The zero-order chi connectivity index (χ0) is 11.1. The highest BCUT2D eigenvalue weighted by atomic mass is 32.2. The van der Waals surface area contributed by atoms with Gasteiger partial charge in [-0.1, -0.05) is 0 Å². The molecule has 2 aromatic heterocycles. The third-order valence-corrected chi connectivity index (χ3v) is 2.72. The Morgan fingerprint density at radius 1 is 1.27 bits per heavy atom. The van der Waals surface area contributed by atoms with E-state index in [2.05, 4.69) is 15.0 Å². The Hall–Kier alpha value is -1.83. The summed E-state index contributed by atoms with van der Waals surface area (Å²) in [7, 11) is -3.71. The first-order valence-electron chi connectivity index (χ1n) is 3.88. The second-order valence-corrected chi connectivity index (χ2v) is 4.70. The second-order valence-electron chi connectivity index (χ2n) is 2.87. The van der Waals surface area contributed by atoms with Gasteiger partial charge in [-0.15, -0.1) is 0 Å². The van der Waals surface area contributed by atoms with Crippen molar-refractivity contribution >= 4 is 21.1 Å². The molecule has 15 heavy (non-hydrogen) atoms. The van der Waals surface area contributed by atoms with Crippen molar-refractivity contribution in [1.29, 1.82) is 0 Å². The van der Waals surface area contributed by atoms with Crippen molar-refractivity contribution in [3.05, 3.63) is 29.2 Å². The molecule has 0 saturated carbocycles. The lowest BCUT2D eigenvalue weighted by Gasteiger charge is -2.03. The summed E-state index contributed by atoms with van der Waals surface area (Å²) in [6, 6.07) is 0. The third-order valence-electron chi connectivity index (χ3n) is 1.73. The zero-order valence-electron chi connectivity index (χ0n) is 7.65. The van der Waals surface area contributed by atoms with Gasteiger partial charge in [0.2, 0.25) is 10.0 Å². The average molecular weight is 226 g/mol. The maximum Gasteiger partial charge on any atom is 0.363 e. The SMILES string of the molecule is CS(=O)(=O)n1c(=O)ncc2cncnc21. The van der Waals surface area contributed by atoms with Crippen LogP contribution in [0.4, 0.5) is 0 Å². The second kappa shape index (κ2) is 3.09. The first kappa shape index (κ1) is 9.71. The molecule has 2 rings (SSSR count). The molecule has 7 nitrogen and oxygen atoms in total. The van der Waals surface area contributed by atoms with Crippen LogP contribution in [-0.4, -0.2) is 33.6 Å². The predicted octanol–water partition coefficient (Wildman–Crippen LogP) is -1.01. The molecule has 0 saturated heterocycles. The molecule has 8 heteroatoms. The van der Waals surface area contributed by atoms with Crippen molar-refractivity contribution in [2.24, 2.45) is 0 Å². The number of aromatic nitrogens is 4. The Labute approximate surface area is 84.5 Å². The predicted molar refractivity (Wildman–Crippen MR) is 51.8 cm³/mol. The highest BCUT2D eigenvalue weighted by Crippen LogP contribution is 2.06. The van der Waals surface area contributed by atoms with Crippen LogP contribution in [0.3, 0.4) is 0 Å². The van der Waals surface area contributed by atoms with Gasteiger partial charge >= 0.3 is 5.69 Å². The quantitative estimate of drug-likeness (QED) is 0.618. The molecule has 0 spiro atoms. The van der Waals surface area contributed by atoms with Gasteiger partial charge in [0.1, 0.15) is 6.33 Å². The van der Waals surface area contributed by atoms with Crippen LogP contribution >= 0.6 is 0 Å². The monoisotopic (exact) mass is 226 g/mol. The highest BCUT2D eigenvalue weighted by Gasteiger charge is 2.13. The van der Waals surface area contributed by atoms with E-state index in [4.69, 9.17) is 0 Å². The number of hydrogen-bond donors (Lipinski definition) is 0. The molecule has 2 heterocycles. The normalized spacial score (nSPS) is 11.8. The standard InChI is InChI=1S/C7H6N4O3S/c1-15(13,14)11-6-5(2-8-4-10-6)3-9-7(11)12/h2-4H,1H3. The molecular weight excluding hydrogens is 220 g/mol. The molecule has 0 aliphatic carbocycles. The van der Waals surface area contributed by atoms with Gasteiger partial charge in [-0.25, -0.2) is 23.2 Å². The molecule has 0 atom stereocenters. The van der Waals surface area contributed by atoms with E-state index >= 15 is 0 Å². The first-order chi connectivity index (χ1) is 7.00. The molecule has 2 aromatic rings. The van der Waals surface area contributed by atoms with Crippen LogP contribution in [-0.2, 0) is 10.0 Å². The minimum absolute atomic E-state index is 0.0347. The van der Waals surface area contributed by atoms with Gasteiger partial charge in [-0.2, -0.15) is 8.96 Å². The third kappa shape index (κ3) is 1.59. The molecule has 0 amide bonds. The number of hydrogen-bond acceptors (Lipinski definition) is 6. The Morgan fingerprint density at radius 3 is 2.67 bits per heavy atom. The molecule has 0 aliphatic heterocycles. The highest BCUT2D eigenvalue weighted by molar-refractivity contribution is 7.89. The Morgan fingerprint density at radius 2 is 2.00 bits per heavy atom. The van der Waals surface area contributed by atoms with Crippen LogP contribution in [0, 0.1) is 0 Å². The molecule has 0 fully saturated rings. The zero-order valence-corrected chi connectivity index (χ0v) is 8.47. The Bertz CT molecular complexity index is 676. The Kier molecular flexibility index (Phi) is 2.00. The van der Waals surface area contributed by atoms with E-state index in [9.17, 15) is 13.2 Å². The van der Waals surface area contributed by atoms with Crippen molar-refractivity contribution in [3.8, 4) is 0 Å². The summed E-state index contributed by atoms with van der Waals surface area (Å²) in [6.07, 6.45) is 4.71. The van der Waals surface area contributed by atoms with Crippen molar-refractivity contribution in [1.82, 2.24) is 18.9 Å². The summed E-state index contributed by atoms with van der Waals surface area (Å²) >= 11 is 0. The lowest BCUT2D eigenvalue weighted by Crippen LogP contribution is -2.29. The minimum Gasteiger partial charge on any atom is -0.244 e. The van der Waals surface area contributed by atoms with E-state index in [1.54, 1.807) is 0 Å². The summed E-state index contributed by atoms with van der Waals surface area (Å²) in [5.74, 6) is 0. The summed E-state index contributed by atoms with van der Waals surface area (Å²) in [5.41, 5.74) is -0.837. The lowest BCUT2D eigenvalue weighted by atomic mass is 10.4. The molecule has 0 aliphatic rings. The van der Waals surface area contributed by atoms with E-state index in [1.807, 2.05) is 0 Å². The van der Waals surface area contributed by atoms with Crippen LogP contribution in [0.25, 0.3) is 11.0 Å². The fourth-order valence-corrected chi connectivity index (χ4v) is 1.96. The van der Waals surface area contributed by atoms with Crippen LogP contribution < -0.4 is 5.69 Å². The lowest BCUT2D eigenvalue weighted by molar-refractivity contribution is 0.592. The van der Waals surface area contributed by atoms with Gasteiger partial charge < -0.3 is 0 Å². The van der Waals surface area contributed by atoms with E-state index in [0.29, 0.717) is 9.36 Å². The summed E-state index contributed by atoms with van der Waals surface area (Å²) < 4.78 is 23.2. The van der Waals surface area contributed by atoms with Crippen molar-refractivity contribution in [2.45, 2.75) is 0 Å². The topological polar surface area (TPSA) is 94.8 Å². The summed E-state index contributed by atoms with van der Waals surface area (Å²) in [4.78, 5) is 22.2. The minimum atomic E-state index is -3.71. The van der Waals surface area contributed by atoms with Crippen molar-refractivity contribution in [3.63, 3.8) is 0 Å². The summed E-state index contributed by atoms with van der Waals surface area (Å²) in [6.45, 7) is 0. The fourth-order valence-electron chi connectivity index (χ4n) is 1.16. The van der Waals surface area contributed by atoms with Crippen molar-refractivity contribution < 1.29 is 8.42 Å².